The zero-order valence-electron chi connectivity index (χ0n) is 12.0. The van der Waals surface area contributed by atoms with Crippen molar-refractivity contribution < 1.29 is 13.2 Å². The van der Waals surface area contributed by atoms with Crippen molar-refractivity contribution in [3.8, 4) is 5.75 Å². The van der Waals surface area contributed by atoms with Gasteiger partial charge in [0.2, 0.25) is 10.0 Å². The first-order valence-electron chi connectivity index (χ1n) is 7.59. The van der Waals surface area contributed by atoms with E-state index >= 15 is 0 Å². The molecule has 21 heavy (non-hydrogen) atoms. The average Bonchev–Trinajstić information content (AvgIpc) is 2.89. The van der Waals surface area contributed by atoms with Gasteiger partial charge in [-0.2, -0.15) is 0 Å². The van der Waals surface area contributed by atoms with Crippen LogP contribution in [0.5, 0.6) is 5.75 Å². The molecule has 1 saturated heterocycles. The van der Waals surface area contributed by atoms with E-state index in [9.17, 15) is 8.42 Å². The van der Waals surface area contributed by atoms with Gasteiger partial charge in [0.05, 0.1) is 11.8 Å². The molecular weight excluding hydrogens is 288 g/mol. The second-order valence-corrected chi connectivity index (χ2v) is 7.65. The van der Waals surface area contributed by atoms with Crippen molar-refractivity contribution >= 4 is 10.0 Å². The Bertz CT molecular complexity index is 582. The Kier molecular flexibility index (Phi) is 4.47. The summed E-state index contributed by atoms with van der Waals surface area (Å²) in [6, 6.07) is 7.66. The van der Waals surface area contributed by atoms with E-state index < -0.39 is 10.0 Å². The van der Waals surface area contributed by atoms with Crippen LogP contribution >= 0.6 is 0 Å². The van der Waals surface area contributed by atoms with Gasteiger partial charge < -0.3 is 10.1 Å². The number of hydrogen-bond donors (Lipinski definition) is 2. The van der Waals surface area contributed by atoms with Crippen LogP contribution in [0.25, 0.3) is 0 Å². The third-order valence-electron chi connectivity index (χ3n) is 4.17. The molecule has 1 aromatic rings. The molecule has 2 atom stereocenters. The third-order valence-corrected chi connectivity index (χ3v) is 5.59. The van der Waals surface area contributed by atoms with E-state index in [-0.39, 0.29) is 11.8 Å². The maximum atomic E-state index is 12.2. The lowest BCUT2D eigenvalue weighted by molar-refractivity contribution is 0.325. The largest absolute Gasteiger partial charge is 0.491 e. The maximum absolute atomic E-state index is 12.2. The number of hydrogen-bond acceptors (Lipinski definition) is 4. The highest BCUT2D eigenvalue weighted by Crippen LogP contribution is 2.32. The molecule has 1 fully saturated rings. The number of piperidine rings is 1. The Hall–Kier alpha value is -1.11. The van der Waals surface area contributed by atoms with Crippen molar-refractivity contribution in [2.24, 2.45) is 0 Å². The number of rotatable bonds is 5. The minimum Gasteiger partial charge on any atom is -0.491 e. The zero-order chi connectivity index (χ0) is 14.7. The van der Waals surface area contributed by atoms with Crippen molar-refractivity contribution in [1.82, 2.24) is 10.0 Å². The summed E-state index contributed by atoms with van der Waals surface area (Å²) in [4.78, 5) is 0. The summed E-state index contributed by atoms with van der Waals surface area (Å²) in [5, 5.41) is 3.38. The normalized spacial score (nSPS) is 25.3. The molecule has 0 spiro atoms. The highest BCUT2D eigenvalue weighted by molar-refractivity contribution is 7.89. The van der Waals surface area contributed by atoms with Gasteiger partial charge in [-0.25, -0.2) is 13.1 Å². The van der Waals surface area contributed by atoms with Crippen LogP contribution in [-0.2, 0) is 10.0 Å². The van der Waals surface area contributed by atoms with Crippen molar-refractivity contribution in [1.29, 1.82) is 0 Å². The Morgan fingerprint density at radius 1 is 1.29 bits per heavy atom. The second kappa shape index (κ2) is 6.34. The molecule has 2 N–H and O–H groups in total. The molecule has 0 saturated carbocycles. The van der Waals surface area contributed by atoms with E-state index in [1.807, 2.05) is 24.3 Å². The molecule has 2 aliphatic rings. The first-order valence-corrected chi connectivity index (χ1v) is 9.24. The molecular formula is C15H22N2O3S. The molecule has 0 radical (unpaired) electrons. The van der Waals surface area contributed by atoms with Gasteiger partial charge >= 0.3 is 0 Å². The number of nitrogens with one attached hydrogen (secondary N) is 2. The summed E-state index contributed by atoms with van der Waals surface area (Å²) in [5.74, 6) is 0.947. The van der Waals surface area contributed by atoms with E-state index in [1.54, 1.807) is 0 Å². The van der Waals surface area contributed by atoms with Crippen molar-refractivity contribution in [2.75, 3.05) is 18.9 Å². The van der Waals surface area contributed by atoms with Crippen LogP contribution in [-0.4, -0.2) is 33.4 Å². The third kappa shape index (κ3) is 3.75. The molecule has 0 amide bonds. The molecule has 0 aliphatic carbocycles. The van der Waals surface area contributed by atoms with Gasteiger partial charge in [0.15, 0.2) is 0 Å². The van der Waals surface area contributed by atoms with Gasteiger partial charge in [0, 0.05) is 11.6 Å². The summed E-state index contributed by atoms with van der Waals surface area (Å²) in [7, 11) is -3.28. The molecule has 0 bridgehead atoms. The smallest absolute Gasteiger partial charge is 0.212 e. The molecule has 2 unspecified atom stereocenters. The molecule has 1 aromatic carbocycles. The van der Waals surface area contributed by atoms with Crippen LogP contribution in [0, 0.1) is 0 Å². The summed E-state index contributed by atoms with van der Waals surface area (Å²) >= 11 is 0. The first kappa shape index (κ1) is 14.8. The van der Waals surface area contributed by atoms with E-state index in [4.69, 9.17) is 4.74 Å². The number of para-hydroxylation sites is 1. The lowest BCUT2D eigenvalue weighted by atomic mass is 10.0. The van der Waals surface area contributed by atoms with Crippen LogP contribution in [0.2, 0.25) is 0 Å². The highest BCUT2D eigenvalue weighted by Gasteiger charge is 2.28. The Labute approximate surface area is 126 Å². The molecule has 5 nitrogen and oxygen atoms in total. The Morgan fingerprint density at radius 2 is 2.14 bits per heavy atom. The van der Waals surface area contributed by atoms with Crippen LogP contribution in [0.4, 0.5) is 0 Å². The minimum absolute atomic E-state index is 0.170. The number of sulfonamides is 1. The predicted octanol–water partition coefficient (Wildman–Crippen LogP) is 1.57. The van der Waals surface area contributed by atoms with E-state index in [0.717, 1.165) is 24.3 Å². The van der Waals surface area contributed by atoms with Crippen LogP contribution in [0.1, 0.15) is 37.3 Å². The minimum atomic E-state index is -3.28. The van der Waals surface area contributed by atoms with Crippen molar-refractivity contribution in [3.05, 3.63) is 29.8 Å². The predicted molar refractivity (Wildman–Crippen MR) is 81.9 cm³/mol. The first-order chi connectivity index (χ1) is 10.1. The number of fused-ring (bicyclic) bond motifs is 1. The standard InChI is InChI=1S/C15H22N2O3S/c18-21(19,10-8-12-5-3-4-9-16-12)17-14-11-20-15-7-2-1-6-13(14)15/h1-2,6-7,12,14,16-17H,3-5,8-11H2. The average molecular weight is 310 g/mol. The quantitative estimate of drug-likeness (QED) is 0.866. The van der Waals surface area contributed by atoms with Crippen molar-refractivity contribution in [3.63, 3.8) is 0 Å². The lowest BCUT2D eigenvalue weighted by Gasteiger charge is -2.23. The summed E-state index contributed by atoms with van der Waals surface area (Å²) in [6.45, 7) is 1.38. The van der Waals surface area contributed by atoms with Crippen molar-refractivity contribution in [2.45, 2.75) is 37.8 Å². The van der Waals surface area contributed by atoms with Gasteiger partial charge in [0.1, 0.15) is 12.4 Å². The fraction of sp³-hybridized carbons (Fsp3) is 0.600. The topological polar surface area (TPSA) is 67.4 Å². The number of ether oxygens (including phenoxy) is 1. The molecule has 3 rings (SSSR count). The summed E-state index contributed by atoms with van der Waals surface area (Å²) in [5.41, 5.74) is 0.928. The molecule has 116 valence electrons. The van der Waals surface area contributed by atoms with Gasteiger partial charge in [-0.15, -0.1) is 0 Å². The van der Waals surface area contributed by atoms with E-state index in [1.165, 1.54) is 12.8 Å². The molecule has 0 aromatic heterocycles. The van der Waals surface area contributed by atoms with Gasteiger partial charge in [-0.05, 0) is 31.9 Å². The van der Waals surface area contributed by atoms with Gasteiger partial charge in [-0.3, -0.25) is 0 Å². The van der Waals surface area contributed by atoms with E-state index in [2.05, 4.69) is 10.0 Å². The number of benzene rings is 1. The SMILES string of the molecule is O=S(=O)(CCC1CCCCN1)NC1COc2ccccc21. The van der Waals surface area contributed by atoms with E-state index in [0.29, 0.717) is 19.1 Å². The maximum Gasteiger partial charge on any atom is 0.212 e. The molecule has 6 heteroatoms. The van der Waals surface area contributed by atoms with Gasteiger partial charge in [0.25, 0.3) is 0 Å². The Morgan fingerprint density at radius 3 is 2.95 bits per heavy atom. The Balaban J connectivity index is 1.56. The monoisotopic (exact) mass is 310 g/mol. The lowest BCUT2D eigenvalue weighted by Crippen LogP contribution is -2.38. The summed E-state index contributed by atoms with van der Waals surface area (Å²) < 4.78 is 32.8. The zero-order valence-corrected chi connectivity index (χ0v) is 12.9. The summed E-state index contributed by atoms with van der Waals surface area (Å²) in [6.07, 6.45) is 4.13. The highest BCUT2D eigenvalue weighted by atomic mass is 32.2. The molecule has 2 aliphatic heterocycles. The van der Waals surface area contributed by atoms with Gasteiger partial charge in [-0.1, -0.05) is 24.6 Å². The molecule has 2 heterocycles. The van der Waals surface area contributed by atoms with Crippen LogP contribution in [0.15, 0.2) is 24.3 Å². The second-order valence-electron chi connectivity index (χ2n) is 5.77. The van der Waals surface area contributed by atoms with Crippen LogP contribution in [0.3, 0.4) is 0 Å². The fourth-order valence-electron chi connectivity index (χ4n) is 3.00. The fourth-order valence-corrected chi connectivity index (χ4v) is 4.34. The van der Waals surface area contributed by atoms with Crippen LogP contribution < -0.4 is 14.8 Å².